The van der Waals surface area contributed by atoms with Gasteiger partial charge in [-0.25, -0.2) is 0 Å². The minimum atomic E-state index is 0.200. The highest BCUT2D eigenvalue weighted by molar-refractivity contribution is 4.71. The third-order valence-corrected chi connectivity index (χ3v) is 2.16. The quantitative estimate of drug-likeness (QED) is 0.692. The van der Waals surface area contributed by atoms with Gasteiger partial charge in [0.05, 0.1) is 13.2 Å². The summed E-state index contributed by atoms with van der Waals surface area (Å²) in [6.07, 6.45) is 1.10. The van der Waals surface area contributed by atoms with E-state index in [4.69, 9.17) is 9.47 Å². The van der Waals surface area contributed by atoms with Crippen molar-refractivity contribution >= 4 is 0 Å². The molecular weight excluding hydrogens is 178 g/mol. The van der Waals surface area contributed by atoms with Crippen LogP contribution in [0.5, 0.6) is 0 Å². The van der Waals surface area contributed by atoms with E-state index in [1.54, 1.807) is 0 Å². The molecule has 0 rings (SSSR count). The maximum atomic E-state index is 5.41. The molecule has 0 saturated heterocycles. The molecule has 2 N–H and O–H groups in total. The van der Waals surface area contributed by atoms with Crippen molar-refractivity contribution < 1.29 is 9.47 Å². The lowest BCUT2D eigenvalue weighted by molar-refractivity contribution is -0.00836. The lowest BCUT2D eigenvalue weighted by Crippen LogP contribution is -2.28. The second kappa shape index (κ2) is 11.0. The minimum absolute atomic E-state index is 0.200. The van der Waals surface area contributed by atoms with E-state index in [1.165, 1.54) is 7.05 Å². The zero-order valence-corrected chi connectivity index (χ0v) is 10.4. The van der Waals surface area contributed by atoms with Crippen LogP contribution in [0.3, 0.4) is 0 Å². The van der Waals surface area contributed by atoms with Crippen LogP contribution in [-0.2, 0) is 9.47 Å². The molecule has 14 heavy (non-hydrogen) atoms. The SMILES string of the molecule is CCOCC(C)(CC)COCC.CN. The molecule has 0 aromatic carbocycles. The Morgan fingerprint density at radius 2 is 1.29 bits per heavy atom. The smallest absolute Gasteiger partial charge is 0.0541 e. The van der Waals surface area contributed by atoms with Crippen LogP contribution in [0, 0.1) is 5.41 Å². The van der Waals surface area contributed by atoms with Gasteiger partial charge in [-0.15, -0.1) is 0 Å². The van der Waals surface area contributed by atoms with Crippen molar-refractivity contribution in [2.24, 2.45) is 11.1 Å². The Morgan fingerprint density at radius 3 is 1.50 bits per heavy atom. The molecule has 0 spiro atoms. The first-order valence-corrected chi connectivity index (χ1v) is 5.41. The molecule has 0 bridgehead atoms. The van der Waals surface area contributed by atoms with Gasteiger partial charge in [0.25, 0.3) is 0 Å². The Bertz CT molecular complexity index is 99.5. The summed E-state index contributed by atoms with van der Waals surface area (Å²) in [6.45, 7) is 11.6. The summed E-state index contributed by atoms with van der Waals surface area (Å²) in [5.74, 6) is 0. The van der Waals surface area contributed by atoms with Gasteiger partial charge in [0.2, 0.25) is 0 Å². The summed E-state index contributed by atoms with van der Waals surface area (Å²) < 4.78 is 10.8. The summed E-state index contributed by atoms with van der Waals surface area (Å²) in [5, 5.41) is 0. The lowest BCUT2D eigenvalue weighted by Gasteiger charge is -2.27. The van der Waals surface area contributed by atoms with Crippen LogP contribution in [0.4, 0.5) is 0 Å². The van der Waals surface area contributed by atoms with E-state index in [1.807, 2.05) is 13.8 Å². The Kier molecular flexibility index (Phi) is 12.8. The normalized spacial score (nSPS) is 10.7. The summed E-state index contributed by atoms with van der Waals surface area (Å²) in [4.78, 5) is 0. The van der Waals surface area contributed by atoms with Crippen LogP contribution in [0.15, 0.2) is 0 Å². The molecule has 3 heteroatoms. The van der Waals surface area contributed by atoms with Gasteiger partial charge in [-0.2, -0.15) is 0 Å². The van der Waals surface area contributed by atoms with Crippen LogP contribution >= 0.6 is 0 Å². The third-order valence-electron chi connectivity index (χ3n) is 2.16. The van der Waals surface area contributed by atoms with E-state index in [2.05, 4.69) is 19.6 Å². The molecule has 0 unspecified atom stereocenters. The number of hydrogen-bond acceptors (Lipinski definition) is 3. The zero-order chi connectivity index (χ0) is 11.4. The molecule has 0 fully saturated rings. The van der Waals surface area contributed by atoms with Crippen molar-refractivity contribution in [2.75, 3.05) is 33.5 Å². The number of nitrogens with two attached hydrogens (primary N) is 1. The Labute approximate surface area is 89.0 Å². The molecule has 0 aliphatic carbocycles. The molecule has 88 valence electrons. The average molecular weight is 205 g/mol. The molecule has 0 aromatic heterocycles. The van der Waals surface area contributed by atoms with E-state index in [-0.39, 0.29) is 5.41 Å². The first-order valence-electron chi connectivity index (χ1n) is 5.41. The van der Waals surface area contributed by atoms with E-state index >= 15 is 0 Å². The van der Waals surface area contributed by atoms with Crippen LogP contribution in [-0.4, -0.2) is 33.5 Å². The predicted octanol–water partition coefficient (Wildman–Crippen LogP) is 2.05. The second-order valence-electron chi connectivity index (χ2n) is 3.44. The van der Waals surface area contributed by atoms with Crippen LogP contribution in [0.1, 0.15) is 34.1 Å². The molecular formula is C11H27NO2. The standard InChI is InChI=1S/C10H22O2.CH5N/c1-5-10(4,8-11-6-2)9-12-7-3;1-2/h5-9H2,1-4H3;2H2,1H3. The summed E-state index contributed by atoms with van der Waals surface area (Å²) in [5.41, 5.74) is 4.70. The van der Waals surface area contributed by atoms with E-state index in [0.717, 1.165) is 32.8 Å². The molecule has 0 heterocycles. The molecule has 0 amide bonds. The fraction of sp³-hybridized carbons (Fsp3) is 1.00. The maximum Gasteiger partial charge on any atom is 0.0541 e. The largest absolute Gasteiger partial charge is 0.381 e. The van der Waals surface area contributed by atoms with Crippen molar-refractivity contribution in [3.8, 4) is 0 Å². The highest BCUT2D eigenvalue weighted by Crippen LogP contribution is 2.21. The molecule has 0 aliphatic heterocycles. The van der Waals surface area contributed by atoms with Crippen LogP contribution in [0.25, 0.3) is 0 Å². The third kappa shape index (κ3) is 8.48. The fourth-order valence-electron chi connectivity index (χ4n) is 0.943. The molecule has 0 aromatic rings. The highest BCUT2D eigenvalue weighted by atomic mass is 16.5. The average Bonchev–Trinajstić information content (AvgIpc) is 2.26. The minimum Gasteiger partial charge on any atom is -0.381 e. The molecule has 3 nitrogen and oxygen atoms in total. The van der Waals surface area contributed by atoms with Gasteiger partial charge in [-0.1, -0.05) is 13.8 Å². The Balaban J connectivity index is 0. The maximum absolute atomic E-state index is 5.41. The summed E-state index contributed by atoms with van der Waals surface area (Å²) in [6, 6.07) is 0. The summed E-state index contributed by atoms with van der Waals surface area (Å²) in [7, 11) is 1.50. The Hall–Kier alpha value is -0.120. The molecule has 0 aliphatic rings. The number of rotatable bonds is 7. The van der Waals surface area contributed by atoms with Crippen LogP contribution < -0.4 is 5.73 Å². The predicted molar refractivity (Wildman–Crippen MR) is 61.5 cm³/mol. The van der Waals surface area contributed by atoms with Crippen molar-refractivity contribution in [2.45, 2.75) is 34.1 Å². The molecule has 0 radical (unpaired) electrons. The topological polar surface area (TPSA) is 44.5 Å². The fourth-order valence-corrected chi connectivity index (χ4v) is 0.943. The van der Waals surface area contributed by atoms with Gasteiger partial charge >= 0.3 is 0 Å². The van der Waals surface area contributed by atoms with E-state index < -0.39 is 0 Å². The van der Waals surface area contributed by atoms with Crippen LogP contribution in [0.2, 0.25) is 0 Å². The van der Waals surface area contributed by atoms with E-state index in [0.29, 0.717) is 0 Å². The first-order chi connectivity index (χ1) is 6.68. The van der Waals surface area contributed by atoms with Crippen molar-refractivity contribution in [1.29, 1.82) is 0 Å². The van der Waals surface area contributed by atoms with Crippen molar-refractivity contribution in [3.63, 3.8) is 0 Å². The number of ether oxygens (including phenoxy) is 2. The monoisotopic (exact) mass is 205 g/mol. The highest BCUT2D eigenvalue weighted by Gasteiger charge is 2.22. The van der Waals surface area contributed by atoms with Crippen molar-refractivity contribution in [1.82, 2.24) is 0 Å². The first kappa shape index (κ1) is 16.3. The summed E-state index contributed by atoms with van der Waals surface area (Å²) >= 11 is 0. The van der Waals surface area contributed by atoms with Gasteiger partial charge in [0.1, 0.15) is 0 Å². The number of hydrogen-bond donors (Lipinski definition) is 1. The van der Waals surface area contributed by atoms with Crippen molar-refractivity contribution in [3.05, 3.63) is 0 Å². The molecule has 0 saturated carbocycles. The van der Waals surface area contributed by atoms with Gasteiger partial charge in [-0.3, -0.25) is 0 Å². The van der Waals surface area contributed by atoms with Gasteiger partial charge in [-0.05, 0) is 27.3 Å². The lowest BCUT2D eigenvalue weighted by atomic mass is 9.90. The zero-order valence-electron chi connectivity index (χ0n) is 10.4. The van der Waals surface area contributed by atoms with Gasteiger partial charge in [0.15, 0.2) is 0 Å². The van der Waals surface area contributed by atoms with Gasteiger partial charge < -0.3 is 15.2 Å². The van der Waals surface area contributed by atoms with E-state index in [9.17, 15) is 0 Å². The van der Waals surface area contributed by atoms with Gasteiger partial charge in [0, 0.05) is 18.6 Å². The second-order valence-corrected chi connectivity index (χ2v) is 3.44. The molecule has 0 atom stereocenters. The Morgan fingerprint density at radius 1 is 0.929 bits per heavy atom.